The van der Waals surface area contributed by atoms with Crippen LogP contribution in [0.1, 0.15) is 45.7 Å². The highest BCUT2D eigenvalue weighted by Gasteiger charge is 2.09. The zero-order chi connectivity index (χ0) is 15.0. The van der Waals surface area contributed by atoms with Crippen molar-refractivity contribution in [2.24, 2.45) is 0 Å². The minimum atomic E-state index is -0.167. The van der Waals surface area contributed by atoms with Crippen molar-refractivity contribution in [1.82, 2.24) is 4.98 Å². The second-order valence-corrected chi connectivity index (χ2v) is 3.64. The molecule has 0 aliphatic rings. The number of aromatic nitrogens is 1. The highest BCUT2D eigenvalue weighted by Crippen LogP contribution is 2.25. The lowest BCUT2D eigenvalue weighted by Crippen LogP contribution is -1.97. The number of pyridine rings is 1. The van der Waals surface area contributed by atoms with Gasteiger partial charge in [0.1, 0.15) is 11.6 Å². The van der Waals surface area contributed by atoms with Crippen LogP contribution < -0.4 is 5.73 Å². The molecule has 0 saturated carbocycles. The third-order valence-corrected chi connectivity index (χ3v) is 2.60. The van der Waals surface area contributed by atoms with E-state index in [9.17, 15) is 4.39 Å². The van der Waals surface area contributed by atoms with Crippen molar-refractivity contribution in [3.05, 3.63) is 35.1 Å². The van der Waals surface area contributed by atoms with Gasteiger partial charge in [0.2, 0.25) is 0 Å². The van der Waals surface area contributed by atoms with E-state index in [0.29, 0.717) is 12.2 Å². The van der Waals surface area contributed by atoms with E-state index in [-0.39, 0.29) is 5.82 Å². The molecule has 106 valence electrons. The number of nitrogens with zero attached hydrogens (tertiary/aromatic N) is 1. The van der Waals surface area contributed by atoms with E-state index in [1.165, 1.54) is 6.07 Å². The van der Waals surface area contributed by atoms with E-state index < -0.39 is 0 Å². The molecule has 19 heavy (non-hydrogen) atoms. The quantitative estimate of drug-likeness (QED) is 0.797. The van der Waals surface area contributed by atoms with Crippen molar-refractivity contribution in [3.8, 4) is 0 Å². The van der Waals surface area contributed by atoms with Crippen LogP contribution in [0.5, 0.6) is 0 Å². The number of hydrogen-bond donors (Lipinski definition) is 1. The first-order valence-corrected chi connectivity index (χ1v) is 6.97. The van der Waals surface area contributed by atoms with Gasteiger partial charge in [-0.25, -0.2) is 9.37 Å². The second-order valence-electron chi connectivity index (χ2n) is 3.64. The van der Waals surface area contributed by atoms with Gasteiger partial charge in [0, 0.05) is 5.39 Å². The lowest BCUT2D eigenvalue weighted by Gasteiger charge is -2.09. The predicted octanol–water partition coefficient (Wildman–Crippen LogP) is 4.88. The molecular formula is C16H25FN2. The van der Waals surface area contributed by atoms with Crippen LogP contribution >= 0.6 is 0 Å². The molecular weight excluding hydrogens is 239 g/mol. The van der Waals surface area contributed by atoms with Gasteiger partial charge in [-0.15, -0.1) is 0 Å². The molecule has 0 aliphatic heterocycles. The van der Waals surface area contributed by atoms with Gasteiger partial charge in [-0.05, 0) is 42.7 Å². The van der Waals surface area contributed by atoms with Crippen LogP contribution in [0.15, 0.2) is 18.2 Å². The summed E-state index contributed by atoms with van der Waals surface area (Å²) in [6.07, 6.45) is 0.662. The Morgan fingerprint density at radius 2 is 1.74 bits per heavy atom. The fourth-order valence-electron chi connectivity index (χ4n) is 1.95. The van der Waals surface area contributed by atoms with Crippen LogP contribution in [0.2, 0.25) is 0 Å². The highest BCUT2D eigenvalue weighted by atomic mass is 19.1. The van der Waals surface area contributed by atoms with E-state index >= 15 is 0 Å². The number of halogens is 1. The van der Waals surface area contributed by atoms with E-state index in [4.69, 9.17) is 5.73 Å². The average molecular weight is 264 g/mol. The molecule has 1 aromatic carbocycles. The minimum Gasteiger partial charge on any atom is -0.384 e. The van der Waals surface area contributed by atoms with Crippen LogP contribution in [-0.4, -0.2) is 4.98 Å². The zero-order valence-corrected chi connectivity index (χ0v) is 12.8. The normalized spacial score (nSPS) is 9.21. The van der Waals surface area contributed by atoms with Gasteiger partial charge >= 0.3 is 0 Å². The number of nitrogen functional groups attached to an aromatic ring is 1. The third kappa shape index (κ3) is 3.91. The summed E-state index contributed by atoms with van der Waals surface area (Å²) in [6, 6.07) is 4.90. The summed E-state index contributed by atoms with van der Waals surface area (Å²) in [6.45, 7) is 11.9. The fraction of sp³-hybridized carbons (Fsp3) is 0.438. The van der Waals surface area contributed by atoms with Crippen LogP contribution in [0.4, 0.5) is 10.2 Å². The van der Waals surface area contributed by atoms with Gasteiger partial charge in [-0.3, -0.25) is 0 Å². The molecule has 0 amide bonds. The number of nitrogens with two attached hydrogens (primary N) is 1. The van der Waals surface area contributed by atoms with Gasteiger partial charge in [-0.1, -0.05) is 34.6 Å². The molecule has 3 heteroatoms. The Balaban J connectivity index is 0.000000741. The maximum atomic E-state index is 13.5. The lowest BCUT2D eigenvalue weighted by molar-refractivity contribution is 0.615. The van der Waals surface area contributed by atoms with Crippen LogP contribution in [-0.2, 0) is 6.42 Å². The van der Waals surface area contributed by atoms with E-state index in [2.05, 4.69) is 4.98 Å². The first-order chi connectivity index (χ1) is 9.13. The van der Waals surface area contributed by atoms with Gasteiger partial charge in [0.25, 0.3) is 0 Å². The molecule has 0 unspecified atom stereocenters. The van der Waals surface area contributed by atoms with Crippen LogP contribution in [0.25, 0.3) is 10.9 Å². The molecule has 0 fully saturated rings. The Bertz CT molecular complexity index is 522. The number of fused-ring (bicyclic) bond motifs is 1. The summed E-state index contributed by atoms with van der Waals surface area (Å²) in [5.74, 6) is 0.313. The van der Waals surface area contributed by atoms with Crippen molar-refractivity contribution < 1.29 is 4.39 Å². The summed E-state index contributed by atoms with van der Waals surface area (Å²) in [7, 11) is 0. The molecule has 1 heterocycles. The molecule has 0 radical (unpaired) electrons. The summed E-state index contributed by atoms with van der Waals surface area (Å²) >= 11 is 0. The average Bonchev–Trinajstić information content (AvgIpc) is 2.43. The number of rotatable bonds is 1. The third-order valence-electron chi connectivity index (χ3n) is 2.60. The largest absolute Gasteiger partial charge is 0.384 e. The molecule has 0 spiro atoms. The smallest absolute Gasteiger partial charge is 0.127 e. The molecule has 1 aromatic heterocycles. The Morgan fingerprint density at radius 3 is 2.26 bits per heavy atom. The van der Waals surface area contributed by atoms with Crippen molar-refractivity contribution in [2.45, 2.75) is 48.0 Å². The number of hydrogen-bond acceptors (Lipinski definition) is 2. The number of benzene rings is 1. The van der Waals surface area contributed by atoms with Gasteiger partial charge in [-0.2, -0.15) is 0 Å². The molecule has 0 atom stereocenters. The van der Waals surface area contributed by atoms with Gasteiger partial charge < -0.3 is 5.73 Å². The molecule has 0 bridgehead atoms. The zero-order valence-electron chi connectivity index (χ0n) is 12.8. The molecule has 2 aromatic rings. The Kier molecular flexibility index (Phi) is 7.73. The molecule has 0 saturated heterocycles. The first kappa shape index (κ1) is 17.4. The second kappa shape index (κ2) is 8.46. The molecule has 2 nitrogen and oxygen atoms in total. The number of aryl methyl sites for hydroxylation is 2. The van der Waals surface area contributed by atoms with Crippen molar-refractivity contribution in [2.75, 3.05) is 5.73 Å². The van der Waals surface area contributed by atoms with E-state index in [1.807, 2.05) is 41.5 Å². The summed E-state index contributed by atoms with van der Waals surface area (Å²) < 4.78 is 13.5. The van der Waals surface area contributed by atoms with Crippen LogP contribution in [0, 0.1) is 12.7 Å². The van der Waals surface area contributed by atoms with E-state index in [1.54, 1.807) is 12.1 Å². The maximum Gasteiger partial charge on any atom is 0.127 e. The Morgan fingerprint density at radius 1 is 1.16 bits per heavy atom. The number of anilines is 1. The van der Waals surface area contributed by atoms with Crippen LogP contribution in [0.3, 0.4) is 0 Å². The lowest BCUT2D eigenvalue weighted by atomic mass is 10.0. The topological polar surface area (TPSA) is 38.9 Å². The Labute approximate surface area is 115 Å². The van der Waals surface area contributed by atoms with Crippen molar-refractivity contribution in [1.29, 1.82) is 0 Å². The Hall–Kier alpha value is -1.64. The van der Waals surface area contributed by atoms with Gasteiger partial charge in [0.05, 0.1) is 5.52 Å². The van der Waals surface area contributed by atoms with Gasteiger partial charge in [0.15, 0.2) is 0 Å². The molecule has 2 N–H and O–H groups in total. The molecule has 0 aliphatic carbocycles. The summed E-state index contributed by atoms with van der Waals surface area (Å²) in [4.78, 5) is 4.20. The van der Waals surface area contributed by atoms with Crippen molar-refractivity contribution >= 4 is 16.7 Å². The SMILES string of the molecule is CC.CC.CCc1c(F)ccc2nc(N)cc(C)c12. The fourth-order valence-corrected chi connectivity index (χ4v) is 1.95. The van der Waals surface area contributed by atoms with Crippen molar-refractivity contribution in [3.63, 3.8) is 0 Å². The molecule has 2 rings (SSSR count). The van der Waals surface area contributed by atoms with E-state index in [0.717, 1.165) is 22.0 Å². The standard InChI is InChI=1S/C12H13FN2.2C2H6/c1-3-8-9(13)4-5-10-12(8)7(2)6-11(14)15-10;2*1-2/h4-6H,3H2,1-2H3,(H2,14,15);2*1-2H3. The first-order valence-electron chi connectivity index (χ1n) is 6.97. The highest BCUT2D eigenvalue weighted by molar-refractivity contribution is 5.87. The maximum absolute atomic E-state index is 13.5. The monoisotopic (exact) mass is 264 g/mol. The predicted molar refractivity (Wildman–Crippen MR) is 82.9 cm³/mol. The summed E-state index contributed by atoms with van der Waals surface area (Å²) in [5.41, 5.74) is 8.12. The summed E-state index contributed by atoms with van der Waals surface area (Å²) in [5, 5.41) is 0.895. The minimum absolute atomic E-state index is 0.167.